The average Bonchev–Trinajstić information content (AvgIpc) is 3.12. The first-order valence-electron chi connectivity index (χ1n) is 13.2. The highest BCUT2D eigenvalue weighted by atomic mass is 16.7. The summed E-state index contributed by atoms with van der Waals surface area (Å²) in [5, 5.41) is 55.9. The number of aliphatic hydroxyl groups excluding tert-OH is 5. The molecule has 0 aromatic rings. The predicted molar refractivity (Wildman–Crippen MR) is 124 cm³/mol. The number of ether oxygens (including phenoxy) is 4. The molecule has 0 amide bonds. The largest absolute Gasteiger partial charge is 0.467 e. The minimum absolute atomic E-state index is 0.0277. The van der Waals surface area contributed by atoms with Gasteiger partial charge in [0.15, 0.2) is 12.4 Å². The first-order valence-corrected chi connectivity index (χ1v) is 13.2. The van der Waals surface area contributed by atoms with Gasteiger partial charge in [-0.05, 0) is 36.0 Å². The maximum absolute atomic E-state index is 13.3. The Labute approximate surface area is 216 Å². The van der Waals surface area contributed by atoms with Crippen molar-refractivity contribution in [2.45, 2.75) is 95.5 Å². The van der Waals surface area contributed by atoms with E-state index >= 15 is 0 Å². The Bertz CT molecular complexity index is 941. The van der Waals surface area contributed by atoms with E-state index in [-0.39, 0.29) is 37.2 Å². The summed E-state index contributed by atoms with van der Waals surface area (Å²) < 4.78 is 23.1. The highest BCUT2D eigenvalue weighted by Crippen LogP contribution is 2.73. The molecule has 5 fully saturated rings. The van der Waals surface area contributed by atoms with Gasteiger partial charge in [0.25, 0.3) is 0 Å². The molecule has 3 aliphatic carbocycles. The molecule has 0 aromatic carbocycles. The van der Waals surface area contributed by atoms with E-state index in [0.717, 1.165) is 7.11 Å². The molecule has 2 heterocycles. The van der Waals surface area contributed by atoms with Gasteiger partial charge in [0.05, 0.1) is 44.1 Å². The molecule has 1 spiro atoms. The zero-order valence-electron chi connectivity index (χ0n) is 21.9. The Balaban J connectivity index is 1.69. The van der Waals surface area contributed by atoms with Crippen LogP contribution in [0.15, 0.2) is 0 Å². The molecule has 0 radical (unpaired) electrons. The summed E-state index contributed by atoms with van der Waals surface area (Å²) >= 11 is 0. The lowest BCUT2D eigenvalue weighted by Gasteiger charge is -2.70. The molecule has 14 unspecified atom stereocenters. The van der Waals surface area contributed by atoms with Crippen LogP contribution < -0.4 is 0 Å². The monoisotopic (exact) mass is 528 g/mol. The Hall–Kier alpha value is -1.34. The van der Waals surface area contributed by atoms with E-state index in [1.165, 1.54) is 0 Å². The molecule has 14 atom stereocenters. The minimum Gasteiger partial charge on any atom is -0.467 e. The molecule has 3 saturated carbocycles. The number of methoxy groups -OCH3 is 1. The molecule has 2 saturated heterocycles. The zero-order chi connectivity index (χ0) is 27.2. The van der Waals surface area contributed by atoms with Crippen LogP contribution in [0.3, 0.4) is 0 Å². The van der Waals surface area contributed by atoms with Crippen LogP contribution >= 0.6 is 0 Å². The maximum Gasteiger partial charge on any atom is 0.341 e. The number of fused-ring (bicyclic) bond motifs is 2. The van der Waals surface area contributed by atoms with E-state index in [1.807, 2.05) is 27.7 Å². The van der Waals surface area contributed by atoms with Crippen molar-refractivity contribution in [2.24, 2.45) is 40.4 Å². The molecule has 5 N–H and O–H groups in total. The third-order valence-electron chi connectivity index (χ3n) is 10.4. The zero-order valence-corrected chi connectivity index (χ0v) is 21.9. The standard InChI is InChI=1S/C26H40O11/c1-10(2)6-15(28)37-18-20-25-9-35-26(20,23(33)34-5)21(31)17(30)19(25)24(4)8-13(27)16(29)11(3)12(24)7-14(25)36-22(18)32/h10-14,16-22,27,29-32H,6-9H2,1-5H3. The summed E-state index contributed by atoms with van der Waals surface area (Å²) in [4.78, 5) is 26.1. The molecule has 2 aliphatic heterocycles. The number of carbonyl (C=O) groups is 2. The van der Waals surface area contributed by atoms with Crippen molar-refractivity contribution >= 4 is 11.9 Å². The molecular formula is C26H40O11. The lowest BCUT2D eigenvalue weighted by atomic mass is 9.37. The van der Waals surface area contributed by atoms with Gasteiger partial charge in [-0.25, -0.2) is 4.79 Å². The van der Waals surface area contributed by atoms with Crippen LogP contribution in [0.4, 0.5) is 0 Å². The summed E-state index contributed by atoms with van der Waals surface area (Å²) in [6.07, 6.45) is -8.46. The third-order valence-corrected chi connectivity index (χ3v) is 10.4. The quantitative estimate of drug-likeness (QED) is 0.293. The van der Waals surface area contributed by atoms with Crippen LogP contribution in [-0.4, -0.2) is 99.7 Å². The van der Waals surface area contributed by atoms with Gasteiger partial charge >= 0.3 is 11.9 Å². The number of hydrogen-bond donors (Lipinski definition) is 5. The van der Waals surface area contributed by atoms with Crippen molar-refractivity contribution in [3.8, 4) is 0 Å². The Morgan fingerprint density at radius 2 is 1.76 bits per heavy atom. The molecule has 11 nitrogen and oxygen atoms in total. The average molecular weight is 529 g/mol. The third kappa shape index (κ3) is 3.38. The fraction of sp³-hybridized carbons (Fsp3) is 0.923. The Morgan fingerprint density at radius 1 is 1.08 bits per heavy atom. The van der Waals surface area contributed by atoms with E-state index < -0.39 is 83.1 Å². The number of hydrogen-bond acceptors (Lipinski definition) is 11. The molecular weight excluding hydrogens is 488 g/mol. The van der Waals surface area contributed by atoms with Gasteiger partial charge < -0.3 is 44.5 Å². The Kier molecular flexibility index (Phi) is 6.51. The van der Waals surface area contributed by atoms with Crippen molar-refractivity contribution in [1.82, 2.24) is 0 Å². The maximum atomic E-state index is 13.3. The predicted octanol–water partition coefficient (Wildman–Crippen LogP) is -0.654. The lowest BCUT2D eigenvalue weighted by molar-refractivity contribution is -0.359. The summed E-state index contributed by atoms with van der Waals surface area (Å²) in [6.45, 7) is 7.32. The number of rotatable bonds is 4. The summed E-state index contributed by atoms with van der Waals surface area (Å²) in [5.74, 6) is -4.03. The summed E-state index contributed by atoms with van der Waals surface area (Å²) in [6, 6.07) is 0. The van der Waals surface area contributed by atoms with Crippen molar-refractivity contribution in [3.05, 3.63) is 0 Å². The first-order chi connectivity index (χ1) is 17.3. The second-order valence-electron chi connectivity index (χ2n) is 12.6. The highest BCUT2D eigenvalue weighted by Gasteiger charge is 2.84. The van der Waals surface area contributed by atoms with Crippen LogP contribution in [-0.2, 0) is 28.5 Å². The van der Waals surface area contributed by atoms with Gasteiger partial charge in [-0.1, -0.05) is 27.7 Å². The van der Waals surface area contributed by atoms with Crippen LogP contribution in [0.5, 0.6) is 0 Å². The van der Waals surface area contributed by atoms with Gasteiger partial charge in [0, 0.05) is 17.8 Å². The van der Waals surface area contributed by atoms with E-state index in [2.05, 4.69) is 0 Å². The van der Waals surface area contributed by atoms with Crippen molar-refractivity contribution in [3.63, 3.8) is 0 Å². The van der Waals surface area contributed by atoms with Gasteiger partial charge in [-0.3, -0.25) is 4.79 Å². The van der Waals surface area contributed by atoms with Gasteiger partial charge in [0.1, 0.15) is 6.10 Å². The SMILES string of the molecule is COC(=O)C12OCC34C(CC5C(C)C(O)C(O)CC5(C)C3C(O)C1O)OC(O)C(OC(=O)CC(C)C)C24. The fourth-order valence-electron chi connectivity index (χ4n) is 9.10. The van der Waals surface area contributed by atoms with Gasteiger partial charge in [-0.2, -0.15) is 0 Å². The molecule has 11 heteroatoms. The van der Waals surface area contributed by atoms with Crippen LogP contribution in [0.25, 0.3) is 0 Å². The lowest BCUT2D eigenvalue weighted by Crippen LogP contribution is -2.80. The number of esters is 2. The summed E-state index contributed by atoms with van der Waals surface area (Å²) in [5.41, 5.74) is -4.05. The number of carbonyl (C=O) groups excluding carboxylic acids is 2. The Morgan fingerprint density at radius 3 is 2.38 bits per heavy atom. The number of aliphatic hydroxyl groups is 5. The molecule has 0 aromatic heterocycles. The summed E-state index contributed by atoms with van der Waals surface area (Å²) in [7, 11) is 1.14. The van der Waals surface area contributed by atoms with Crippen molar-refractivity contribution < 1.29 is 54.1 Å². The van der Waals surface area contributed by atoms with E-state index in [1.54, 1.807) is 0 Å². The highest BCUT2D eigenvalue weighted by molar-refractivity contribution is 5.82. The molecule has 37 heavy (non-hydrogen) atoms. The van der Waals surface area contributed by atoms with Crippen LogP contribution in [0, 0.1) is 40.4 Å². The van der Waals surface area contributed by atoms with Crippen LogP contribution in [0.1, 0.15) is 47.0 Å². The van der Waals surface area contributed by atoms with E-state index in [9.17, 15) is 35.1 Å². The van der Waals surface area contributed by atoms with Crippen molar-refractivity contribution in [2.75, 3.05) is 13.7 Å². The second kappa shape index (κ2) is 8.84. The van der Waals surface area contributed by atoms with E-state index in [0.29, 0.717) is 6.42 Å². The molecule has 210 valence electrons. The van der Waals surface area contributed by atoms with Crippen molar-refractivity contribution in [1.29, 1.82) is 0 Å². The molecule has 5 rings (SSSR count). The topological polar surface area (TPSA) is 172 Å². The first kappa shape index (κ1) is 27.2. The van der Waals surface area contributed by atoms with Crippen LogP contribution in [0.2, 0.25) is 0 Å². The molecule has 2 bridgehead atoms. The minimum atomic E-state index is -2.10. The fourth-order valence-corrected chi connectivity index (χ4v) is 9.10. The normalized spacial score (nSPS) is 54.3. The smallest absolute Gasteiger partial charge is 0.341 e. The second-order valence-corrected chi connectivity index (χ2v) is 12.6. The van der Waals surface area contributed by atoms with Gasteiger partial charge in [-0.15, -0.1) is 0 Å². The molecule has 5 aliphatic rings. The van der Waals surface area contributed by atoms with E-state index in [4.69, 9.17) is 18.9 Å². The van der Waals surface area contributed by atoms with Gasteiger partial charge in [0.2, 0.25) is 5.60 Å².